The van der Waals surface area contributed by atoms with Crippen molar-refractivity contribution in [3.05, 3.63) is 0 Å². The molecule has 0 aliphatic heterocycles. The normalized spacial score (nSPS) is 12.9. The van der Waals surface area contributed by atoms with Crippen molar-refractivity contribution in [3.63, 3.8) is 0 Å². The second kappa shape index (κ2) is 6.31. The Balaban J connectivity index is 0. The molecule has 0 aliphatic rings. The maximum atomic E-state index is 2.35. The van der Waals surface area contributed by atoms with Gasteiger partial charge in [0.15, 0.2) is 0 Å². The molecule has 0 saturated heterocycles. The Morgan fingerprint density at radius 1 is 0.500 bits per heavy atom. The molecule has 0 fully saturated rings. The summed E-state index contributed by atoms with van der Waals surface area (Å²) < 4.78 is 1.22. The zero-order chi connectivity index (χ0) is 10.8. The van der Waals surface area contributed by atoms with Gasteiger partial charge in [-0.2, -0.15) is 0 Å². The summed E-state index contributed by atoms with van der Waals surface area (Å²) in [5, 5.41) is 0. The molecule has 0 aliphatic carbocycles. The lowest BCUT2D eigenvalue weighted by Crippen LogP contribution is -3.00. The van der Waals surface area contributed by atoms with Crippen LogP contribution in [0.2, 0.25) is 0 Å². The summed E-state index contributed by atoms with van der Waals surface area (Å²) >= 11 is 0. The van der Waals surface area contributed by atoms with Crippen molar-refractivity contribution < 1.29 is 28.5 Å². The van der Waals surface area contributed by atoms with Crippen molar-refractivity contribution in [2.75, 3.05) is 0 Å². The van der Waals surface area contributed by atoms with Crippen LogP contribution in [0.25, 0.3) is 0 Å². The van der Waals surface area contributed by atoms with Gasteiger partial charge in [0.2, 0.25) is 0 Å². The highest BCUT2D eigenvalue weighted by Gasteiger charge is 2.40. The molecule has 0 saturated carbocycles. The minimum atomic E-state index is 0. The van der Waals surface area contributed by atoms with E-state index in [2.05, 4.69) is 55.4 Å². The van der Waals surface area contributed by atoms with Crippen LogP contribution in [0.1, 0.15) is 55.4 Å². The van der Waals surface area contributed by atoms with Crippen molar-refractivity contribution in [2.24, 2.45) is 0 Å². The second-order valence-corrected chi connectivity index (χ2v) is 5.27. The molecule has 1 nitrogen and oxygen atoms in total. The van der Waals surface area contributed by atoms with Crippen molar-refractivity contribution in [1.29, 1.82) is 0 Å². The van der Waals surface area contributed by atoms with Crippen LogP contribution in [0.4, 0.5) is 0 Å². The Morgan fingerprint density at radius 3 is 0.643 bits per heavy atom. The minimum absolute atomic E-state index is 0. The van der Waals surface area contributed by atoms with Crippen LogP contribution in [0.5, 0.6) is 0 Å². The summed E-state index contributed by atoms with van der Waals surface area (Å²) in [4.78, 5) is 0. The molecule has 14 heavy (non-hydrogen) atoms. The number of quaternary nitrogens is 1. The topological polar surface area (TPSA) is 0 Å². The van der Waals surface area contributed by atoms with Crippen LogP contribution in [0.3, 0.4) is 0 Å². The highest BCUT2D eigenvalue weighted by atomic mass is 127. The van der Waals surface area contributed by atoms with E-state index in [1.54, 1.807) is 0 Å². The largest absolute Gasteiger partial charge is 1.00 e. The van der Waals surface area contributed by atoms with Crippen LogP contribution < -0.4 is 24.0 Å². The number of hydrogen-bond acceptors (Lipinski definition) is 0. The Kier molecular flexibility index (Phi) is 7.71. The summed E-state index contributed by atoms with van der Waals surface area (Å²) in [6.45, 7) is 18.8. The van der Waals surface area contributed by atoms with E-state index in [-0.39, 0.29) is 24.0 Å². The molecule has 0 heterocycles. The average Bonchev–Trinajstić information content (AvgIpc) is 1.82. The molecule has 0 rings (SSSR count). The summed E-state index contributed by atoms with van der Waals surface area (Å²) in [6, 6.07) is 2.83. The molecule has 0 bridgehead atoms. The van der Waals surface area contributed by atoms with Gasteiger partial charge in [-0.1, -0.05) is 0 Å². The number of rotatable bonds is 4. The van der Waals surface area contributed by atoms with E-state index in [0.717, 1.165) is 0 Å². The molecule has 0 atom stereocenters. The fourth-order valence-corrected chi connectivity index (χ4v) is 3.58. The lowest BCUT2D eigenvalue weighted by Gasteiger charge is -2.52. The van der Waals surface area contributed by atoms with E-state index < -0.39 is 0 Å². The predicted octanol–water partition coefficient (Wildman–Crippen LogP) is 0.441. The highest BCUT2D eigenvalue weighted by molar-refractivity contribution is 4.61. The van der Waals surface area contributed by atoms with Gasteiger partial charge in [-0.3, -0.25) is 0 Å². The second-order valence-electron chi connectivity index (χ2n) is 5.27. The molecule has 2 heteroatoms. The zero-order valence-electron chi connectivity index (χ0n) is 11.1. The van der Waals surface area contributed by atoms with Gasteiger partial charge in [-0.25, -0.2) is 0 Å². The third-order valence-electron chi connectivity index (χ3n) is 3.58. The first-order valence-electron chi connectivity index (χ1n) is 5.65. The van der Waals surface area contributed by atoms with Gasteiger partial charge >= 0.3 is 0 Å². The van der Waals surface area contributed by atoms with Gasteiger partial charge in [0.25, 0.3) is 0 Å². The van der Waals surface area contributed by atoms with Gasteiger partial charge in [0, 0.05) is 0 Å². The van der Waals surface area contributed by atoms with Gasteiger partial charge in [-0.05, 0) is 55.4 Å². The summed E-state index contributed by atoms with van der Waals surface area (Å²) in [7, 11) is 0. The van der Waals surface area contributed by atoms with Gasteiger partial charge in [0.1, 0.15) is 0 Å². The van der Waals surface area contributed by atoms with Crippen LogP contribution in [0, 0.1) is 0 Å². The lowest BCUT2D eigenvalue weighted by molar-refractivity contribution is -1.00. The third kappa shape index (κ3) is 2.84. The fraction of sp³-hybridized carbons (Fsp3) is 1.00. The van der Waals surface area contributed by atoms with E-state index >= 15 is 0 Å². The molecule has 88 valence electrons. The molecule has 0 radical (unpaired) electrons. The van der Waals surface area contributed by atoms with E-state index in [0.29, 0.717) is 24.2 Å². The van der Waals surface area contributed by atoms with E-state index in [9.17, 15) is 0 Å². The smallest absolute Gasteiger partial charge is 0.0839 e. The number of hydrogen-bond donors (Lipinski definition) is 0. The van der Waals surface area contributed by atoms with Crippen LogP contribution >= 0.6 is 0 Å². The number of halogens is 1. The van der Waals surface area contributed by atoms with Gasteiger partial charge in [-0.15, -0.1) is 0 Å². The third-order valence-corrected chi connectivity index (χ3v) is 3.58. The van der Waals surface area contributed by atoms with Crippen LogP contribution in [-0.2, 0) is 0 Å². The average molecular weight is 313 g/mol. The molecular formula is C12H28IN. The summed E-state index contributed by atoms with van der Waals surface area (Å²) in [6.07, 6.45) is 0. The molecule has 0 aromatic carbocycles. The Morgan fingerprint density at radius 2 is 0.643 bits per heavy atom. The molecule has 0 aromatic heterocycles. The Hall–Kier alpha value is 0.690. The van der Waals surface area contributed by atoms with E-state index in [4.69, 9.17) is 0 Å². The first kappa shape index (κ1) is 17.1. The van der Waals surface area contributed by atoms with Crippen LogP contribution in [0.15, 0.2) is 0 Å². The summed E-state index contributed by atoms with van der Waals surface area (Å²) in [5.41, 5.74) is 0. The van der Waals surface area contributed by atoms with Crippen LogP contribution in [-0.4, -0.2) is 28.7 Å². The molecule has 0 amide bonds. The maximum Gasteiger partial charge on any atom is 0.0839 e. The van der Waals surface area contributed by atoms with Gasteiger partial charge < -0.3 is 28.5 Å². The molecule has 0 spiro atoms. The zero-order valence-corrected chi connectivity index (χ0v) is 13.3. The van der Waals surface area contributed by atoms with Crippen molar-refractivity contribution in [1.82, 2.24) is 0 Å². The van der Waals surface area contributed by atoms with E-state index in [1.165, 1.54) is 4.48 Å². The molecular weight excluding hydrogens is 285 g/mol. The lowest BCUT2D eigenvalue weighted by atomic mass is 10.0. The summed E-state index contributed by atoms with van der Waals surface area (Å²) in [5.74, 6) is 0. The Labute approximate surface area is 108 Å². The van der Waals surface area contributed by atoms with E-state index in [1.807, 2.05) is 0 Å². The fourth-order valence-electron chi connectivity index (χ4n) is 3.58. The molecule has 0 unspecified atom stereocenters. The predicted molar refractivity (Wildman–Crippen MR) is 60.8 cm³/mol. The van der Waals surface area contributed by atoms with Gasteiger partial charge in [0.05, 0.1) is 24.2 Å². The first-order valence-corrected chi connectivity index (χ1v) is 5.65. The minimum Gasteiger partial charge on any atom is -1.00 e. The number of nitrogens with zero attached hydrogens (tertiary/aromatic N) is 1. The quantitative estimate of drug-likeness (QED) is 0.522. The van der Waals surface area contributed by atoms with Crippen molar-refractivity contribution in [2.45, 2.75) is 79.6 Å². The maximum absolute atomic E-state index is 2.35. The SMILES string of the molecule is CC(C)[N+](C(C)C)(C(C)C)C(C)C.[I-]. The van der Waals surface area contributed by atoms with Crippen molar-refractivity contribution in [3.8, 4) is 0 Å². The van der Waals surface area contributed by atoms with Crippen molar-refractivity contribution >= 4 is 0 Å². The standard InChI is InChI=1S/C12H28N.HI/c1-9(2)13(10(3)4,11(5)6)12(7)8;/h9-12H,1-8H3;1H/q+1;/p-1. The Bertz CT molecular complexity index is 113. The molecule has 0 N–H and O–H groups in total. The highest BCUT2D eigenvalue weighted by Crippen LogP contribution is 2.28. The monoisotopic (exact) mass is 313 g/mol. The first-order chi connectivity index (χ1) is 5.77. The molecule has 0 aromatic rings.